The Morgan fingerprint density at radius 1 is 0.875 bits per heavy atom. The third kappa shape index (κ3) is 4.97. The molecular formula is C19H25Cl2N3. The van der Waals surface area contributed by atoms with Gasteiger partial charge < -0.3 is 10.6 Å². The van der Waals surface area contributed by atoms with Crippen LogP contribution in [0.25, 0.3) is 0 Å². The summed E-state index contributed by atoms with van der Waals surface area (Å²) in [7, 11) is 2.10. The van der Waals surface area contributed by atoms with Gasteiger partial charge in [0, 0.05) is 25.7 Å². The highest BCUT2D eigenvalue weighted by Gasteiger charge is 2.13. The number of nitrogens with zero attached hydrogens (tertiary/aromatic N) is 2. The summed E-state index contributed by atoms with van der Waals surface area (Å²) in [6, 6.07) is 17.4. The smallest absolute Gasteiger partial charge is 0.130 e. The molecule has 1 aliphatic rings. The molecule has 130 valence electrons. The van der Waals surface area contributed by atoms with Crippen LogP contribution in [-0.4, -0.2) is 30.9 Å². The average Bonchev–Trinajstić information content (AvgIpc) is 3.00. The summed E-state index contributed by atoms with van der Waals surface area (Å²) in [4.78, 5) is 6.78. The van der Waals surface area contributed by atoms with E-state index in [1.807, 2.05) is 0 Å². The number of aliphatic imine (C=N–C) groups is 1. The van der Waals surface area contributed by atoms with E-state index in [0.29, 0.717) is 6.54 Å². The Hall–Kier alpha value is -1.55. The van der Waals surface area contributed by atoms with E-state index in [4.69, 9.17) is 5.73 Å². The zero-order valence-corrected chi connectivity index (χ0v) is 15.6. The molecule has 3 nitrogen and oxygen atoms in total. The summed E-state index contributed by atoms with van der Waals surface area (Å²) in [6.07, 6.45) is 2.12. The van der Waals surface area contributed by atoms with Gasteiger partial charge in [-0.05, 0) is 29.5 Å². The first-order chi connectivity index (χ1) is 10.8. The van der Waals surface area contributed by atoms with Gasteiger partial charge in [0.15, 0.2) is 0 Å². The maximum atomic E-state index is 5.63. The highest BCUT2D eigenvalue weighted by atomic mass is 35.5. The number of hydrogen-bond donors (Lipinski definition) is 1. The molecule has 0 atom stereocenters. The number of likely N-dealkylation sites (N-methyl/N-ethyl adjacent to an activating group) is 1. The lowest BCUT2D eigenvalue weighted by Crippen LogP contribution is -2.23. The number of halogens is 2. The molecular weight excluding hydrogens is 341 g/mol. The molecule has 0 spiro atoms. The fourth-order valence-electron chi connectivity index (χ4n) is 2.80. The quantitative estimate of drug-likeness (QED) is 0.881. The third-order valence-corrected chi connectivity index (χ3v) is 4.23. The minimum Gasteiger partial charge on any atom is -0.358 e. The van der Waals surface area contributed by atoms with Crippen molar-refractivity contribution in [2.45, 2.75) is 19.4 Å². The second kappa shape index (κ2) is 9.67. The zero-order chi connectivity index (χ0) is 15.4. The lowest BCUT2D eigenvalue weighted by molar-refractivity contribution is 0.557. The van der Waals surface area contributed by atoms with Gasteiger partial charge in [-0.1, -0.05) is 48.5 Å². The van der Waals surface area contributed by atoms with Gasteiger partial charge in [0.2, 0.25) is 0 Å². The second-order valence-electron chi connectivity index (χ2n) is 5.84. The number of amidine groups is 1. The van der Waals surface area contributed by atoms with Crippen molar-refractivity contribution in [1.82, 2.24) is 4.90 Å². The van der Waals surface area contributed by atoms with Gasteiger partial charge in [0.05, 0.1) is 6.54 Å². The summed E-state index contributed by atoms with van der Waals surface area (Å²) < 4.78 is 0. The van der Waals surface area contributed by atoms with E-state index in [1.54, 1.807) is 0 Å². The van der Waals surface area contributed by atoms with Crippen LogP contribution in [0.1, 0.15) is 22.3 Å². The highest BCUT2D eigenvalue weighted by Crippen LogP contribution is 2.13. The minimum atomic E-state index is 0. The van der Waals surface area contributed by atoms with Crippen LogP contribution in [0, 0.1) is 0 Å². The van der Waals surface area contributed by atoms with E-state index < -0.39 is 0 Å². The summed E-state index contributed by atoms with van der Waals surface area (Å²) in [5, 5.41) is 0. The Kier molecular flexibility index (Phi) is 8.26. The first-order valence-corrected chi connectivity index (χ1v) is 7.89. The van der Waals surface area contributed by atoms with E-state index in [-0.39, 0.29) is 24.8 Å². The minimum absolute atomic E-state index is 0. The van der Waals surface area contributed by atoms with E-state index in [2.05, 4.69) is 65.5 Å². The Labute approximate surface area is 156 Å². The average molecular weight is 366 g/mol. The Bertz CT molecular complexity index is 651. The summed E-state index contributed by atoms with van der Waals surface area (Å²) in [6.45, 7) is 2.54. The molecule has 3 rings (SSSR count). The number of rotatable bonds is 5. The maximum Gasteiger partial charge on any atom is 0.130 e. The first kappa shape index (κ1) is 20.5. The van der Waals surface area contributed by atoms with E-state index >= 15 is 0 Å². The van der Waals surface area contributed by atoms with Crippen LogP contribution in [0.2, 0.25) is 0 Å². The molecule has 1 aliphatic heterocycles. The molecule has 2 aromatic rings. The largest absolute Gasteiger partial charge is 0.358 e. The van der Waals surface area contributed by atoms with Crippen LogP contribution < -0.4 is 5.73 Å². The van der Waals surface area contributed by atoms with Crippen molar-refractivity contribution < 1.29 is 0 Å². The molecule has 5 heteroatoms. The third-order valence-electron chi connectivity index (χ3n) is 4.23. The first-order valence-electron chi connectivity index (χ1n) is 7.89. The Morgan fingerprint density at radius 2 is 1.38 bits per heavy atom. The molecule has 0 saturated heterocycles. The molecule has 0 unspecified atom stereocenters. The van der Waals surface area contributed by atoms with Crippen molar-refractivity contribution in [3.8, 4) is 0 Å². The van der Waals surface area contributed by atoms with Crippen molar-refractivity contribution in [3.05, 3.63) is 70.8 Å². The monoisotopic (exact) mass is 365 g/mol. The lowest BCUT2D eigenvalue weighted by Gasteiger charge is -2.14. The van der Waals surface area contributed by atoms with E-state index in [1.165, 1.54) is 22.3 Å². The van der Waals surface area contributed by atoms with Crippen LogP contribution in [0.15, 0.2) is 53.5 Å². The lowest BCUT2D eigenvalue weighted by atomic mass is 10.0. The molecule has 2 aromatic carbocycles. The van der Waals surface area contributed by atoms with Crippen LogP contribution in [0.3, 0.4) is 0 Å². The summed E-state index contributed by atoms with van der Waals surface area (Å²) in [5.41, 5.74) is 10.8. The number of hydrogen-bond acceptors (Lipinski definition) is 3. The van der Waals surface area contributed by atoms with Crippen molar-refractivity contribution in [2.24, 2.45) is 10.7 Å². The van der Waals surface area contributed by atoms with Crippen molar-refractivity contribution in [2.75, 3.05) is 20.1 Å². The topological polar surface area (TPSA) is 41.6 Å². The molecule has 0 aliphatic carbocycles. The molecule has 0 amide bonds. The van der Waals surface area contributed by atoms with Gasteiger partial charge in [-0.25, -0.2) is 0 Å². The molecule has 2 N–H and O–H groups in total. The number of benzene rings is 2. The normalized spacial score (nSPS) is 13.1. The van der Waals surface area contributed by atoms with Crippen LogP contribution in [-0.2, 0) is 19.4 Å². The number of aryl methyl sites for hydroxylation is 2. The zero-order valence-electron chi connectivity index (χ0n) is 13.9. The molecule has 1 heterocycles. The molecule has 0 saturated carbocycles. The van der Waals surface area contributed by atoms with Crippen LogP contribution >= 0.6 is 24.8 Å². The van der Waals surface area contributed by atoms with Crippen molar-refractivity contribution in [1.29, 1.82) is 0 Å². The summed E-state index contributed by atoms with van der Waals surface area (Å²) in [5.74, 6) is 1.11. The highest BCUT2D eigenvalue weighted by molar-refractivity contribution is 5.99. The second-order valence-corrected chi connectivity index (χ2v) is 5.84. The molecule has 0 aromatic heterocycles. The van der Waals surface area contributed by atoms with Crippen molar-refractivity contribution >= 4 is 30.6 Å². The van der Waals surface area contributed by atoms with Gasteiger partial charge in [-0.2, -0.15) is 0 Å². The van der Waals surface area contributed by atoms with Gasteiger partial charge in [-0.3, -0.25) is 4.99 Å². The Morgan fingerprint density at radius 3 is 1.83 bits per heavy atom. The van der Waals surface area contributed by atoms with Gasteiger partial charge >= 0.3 is 0 Å². The standard InChI is InChI=1S/C19H23N3.2ClH/c1-22-13-12-21-19(22)18-10-8-16(9-11-18)3-2-15-4-6-17(14-20)7-5-15;;/h4-11H,2-3,12-14,20H2,1H3;2*1H. The maximum absolute atomic E-state index is 5.63. The predicted octanol–water partition coefficient (Wildman–Crippen LogP) is 3.47. The SMILES string of the molecule is CN1CCN=C1c1ccc(CCc2ccc(CN)cc2)cc1.Cl.Cl. The van der Waals surface area contributed by atoms with E-state index in [0.717, 1.165) is 31.8 Å². The fourth-order valence-corrected chi connectivity index (χ4v) is 2.80. The Balaban J connectivity index is 0.00000144. The van der Waals surface area contributed by atoms with Gasteiger partial charge in [-0.15, -0.1) is 24.8 Å². The van der Waals surface area contributed by atoms with Crippen molar-refractivity contribution in [3.63, 3.8) is 0 Å². The predicted molar refractivity (Wildman–Crippen MR) is 107 cm³/mol. The molecule has 24 heavy (non-hydrogen) atoms. The van der Waals surface area contributed by atoms with Crippen LogP contribution in [0.4, 0.5) is 0 Å². The van der Waals surface area contributed by atoms with Crippen LogP contribution in [0.5, 0.6) is 0 Å². The molecule has 0 fully saturated rings. The number of nitrogens with two attached hydrogens (primary N) is 1. The van der Waals surface area contributed by atoms with E-state index in [9.17, 15) is 0 Å². The molecule has 0 radical (unpaired) electrons. The fraction of sp³-hybridized carbons (Fsp3) is 0.316. The van der Waals surface area contributed by atoms with Gasteiger partial charge in [0.1, 0.15) is 5.84 Å². The summed E-state index contributed by atoms with van der Waals surface area (Å²) >= 11 is 0. The van der Waals surface area contributed by atoms with Gasteiger partial charge in [0.25, 0.3) is 0 Å². The molecule has 0 bridgehead atoms.